The molecule has 1 radical (unpaired) electrons. The van der Waals surface area contributed by atoms with Gasteiger partial charge in [0.15, 0.2) is 0 Å². The molecule has 3 heteroatoms. The van der Waals surface area contributed by atoms with Crippen LogP contribution in [0.15, 0.2) is 24.3 Å². The summed E-state index contributed by atoms with van der Waals surface area (Å²) < 4.78 is 5.22. The normalized spacial score (nSPS) is 14.0. The molecule has 0 saturated heterocycles. The molecule has 0 amide bonds. The molecule has 23 heavy (non-hydrogen) atoms. The molecule has 3 nitrogen and oxygen atoms in total. The molecule has 1 aromatic carbocycles. The van der Waals surface area contributed by atoms with Gasteiger partial charge in [-0.3, -0.25) is 4.79 Å². The van der Waals surface area contributed by atoms with Crippen LogP contribution in [0.25, 0.3) is 0 Å². The zero-order chi connectivity index (χ0) is 17.2. The smallest absolute Gasteiger partial charge is 0.303 e. The number of benzene rings is 1. The first-order valence-electron chi connectivity index (χ1n) is 8.64. The van der Waals surface area contributed by atoms with E-state index in [1.165, 1.54) is 17.0 Å². The molecule has 0 heterocycles. The monoisotopic (exact) mass is 319 g/mol. The molecule has 129 valence electrons. The first-order chi connectivity index (χ1) is 11.0. The van der Waals surface area contributed by atoms with Crippen molar-refractivity contribution in [3.63, 3.8) is 0 Å². The molecular formula is C20H31O3. The number of hydrogen-bond acceptors (Lipinski definition) is 2. The molecule has 0 bridgehead atoms. The number of rotatable bonds is 11. The van der Waals surface area contributed by atoms with E-state index in [4.69, 9.17) is 9.84 Å². The molecule has 0 aliphatic heterocycles. The van der Waals surface area contributed by atoms with Gasteiger partial charge in [0, 0.05) is 19.4 Å². The first-order valence-corrected chi connectivity index (χ1v) is 8.64. The predicted octanol–water partition coefficient (Wildman–Crippen LogP) is 5.17. The van der Waals surface area contributed by atoms with Crippen LogP contribution in [0.3, 0.4) is 0 Å². The summed E-state index contributed by atoms with van der Waals surface area (Å²) in [6.07, 6.45) is 4.08. The number of methoxy groups -OCH3 is 1. The van der Waals surface area contributed by atoms with Gasteiger partial charge in [-0.15, -0.1) is 0 Å². The molecule has 0 aliphatic carbocycles. The lowest BCUT2D eigenvalue weighted by atomic mass is 9.81. The second-order valence-corrected chi connectivity index (χ2v) is 6.40. The van der Waals surface area contributed by atoms with Crippen molar-refractivity contribution in [3.05, 3.63) is 41.3 Å². The molecule has 0 aliphatic rings. The predicted molar refractivity (Wildman–Crippen MR) is 94.8 cm³/mol. The van der Waals surface area contributed by atoms with Gasteiger partial charge in [0.05, 0.1) is 6.61 Å². The van der Waals surface area contributed by atoms with Crippen LogP contribution in [0.2, 0.25) is 0 Å². The number of aliphatic carboxylic acids is 1. The summed E-state index contributed by atoms with van der Waals surface area (Å²) in [7, 11) is 1.73. The van der Waals surface area contributed by atoms with E-state index in [9.17, 15) is 4.79 Å². The Kier molecular flexibility index (Phi) is 8.93. The maximum Gasteiger partial charge on any atom is 0.303 e. The van der Waals surface area contributed by atoms with Crippen LogP contribution in [0.5, 0.6) is 0 Å². The minimum atomic E-state index is -0.704. The Labute approximate surface area is 141 Å². The molecule has 0 saturated carbocycles. The Morgan fingerprint density at radius 1 is 1.09 bits per heavy atom. The molecule has 2 unspecified atom stereocenters. The topological polar surface area (TPSA) is 46.5 Å². The summed E-state index contributed by atoms with van der Waals surface area (Å²) in [4.78, 5) is 10.7. The zero-order valence-corrected chi connectivity index (χ0v) is 15.0. The van der Waals surface area contributed by atoms with Crippen LogP contribution in [-0.4, -0.2) is 24.8 Å². The van der Waals surface area contributed by atoms with Crippen LogP contribution in [0.4, 0.5) is 0 Å². The number of carbonyl (C=O) groups is 1. The van der Waals surface area contributed by atoms with Crippen LogP contribution in [0.1, 0.15) is 75.8 Å². The average molecular weight is 319 g/mol. The second kappa shape index (κ2) is 10.4. The molecule has 2 atom stereocenters. The Morgan fingerprint density at radius 3 is 2.22 bits per heavy atom. The number of carboxylic acid groups (broad SMARTS) is 1. The Balaban J connectivity index is 2.70. The van der Waals surface area contributed by atoms with Gasteiger partial charge in [0.1, 0.15) is 0 Å². The highest BCUT2D eigenvalue weighted by Gasteiger charge is 2.19. The van der Waals surface area contributed by atoms with Gasteiger partial charge in [0.25, 0.3) is 0 Å². The molecule has 1 rings (SSSR count). The van der Waals surface area contributed by atoms with Gasteiger partial charge >= 0.3 is 5.97 Å². The fraction of sp³-hybridized carbons (Fsp3) is 0.600. The van der Waals surface area contributed by atoms with Crippen molar-refractivity contribution in [1.29, 1.82) is 0 Å². The maximum atomic E-state index is 10.7. The minimum absolute atomic E-state index is 0.257. The highest BCUT2D eigenvalue weighted by Crippen LogP contribution is 2.34. The van der Waals surface area contributed by atoms with E-state index in [0.717, 1.165) is 32.3 Å². The number of carboxylic acids is 1. The van der Waals surface area contributed by atoms with Gasteiger partial charge in [-0.2, -0.15) is 0 Å². The third-order valence-corrected chi connectivity index (χ3v) is 4.49. The molecule has 1 N–H and O–H groups in total. The van der Waals surface area contributed by atoms with Crippen molar-refractivity contribution in [2.24, 2.45) is 0 Å². The minimum Gasteiger partial charge on any atom is -0.481 e. The average Bonchev–Trinajstić information content (AvgIpc) is 2.53. The summed E-state index contributed by atoms with van der Waals surface area (Å²) in [5, 5.41) is 8.82. The van der Waals surface area contributed by atoms with Crippen molar-refractivity contribution < 1.29 is 14.6 Å². The Morgan fingerprint density at radius 2 is 1.70 bits per heavy atom. The summed E-state index contributed by atoms with van der Waals surface area (Å²) in [6.45, 7) is 7.32. The third kappa shape index (κ3) is 6.74. The SMILES string of the molecule is CCC[C](CCCC(=O)O)C(C)c1ccc(C(C)COC)cc1. The van der Waals surface area contributed by atoms with Crippen molar-refractivity contribution >= 4 is 5.97 Å². The van der Waals surface area contributed by atoms with E-state index in [1.54, 1.807) is 7.11 Å². The van der Waals surface area contributed by atoms with E-state index in [-0.39, 0.29) is 6.42 Å². The highest BCUT2D eigenvalue weighted by molar-refractivity contribution is 5.66. The van der Waals surface area contributed by atoms with Gasteiger partial charge < -0.3 is 9.84 Å². The van der Waals surface area contributed by atoms with E-state index >= 15 is 0 Å². The van der Waals surface area contributed by atoms with Crippen molar-refractivity contribution in [2.45, 2.75) is 64.7 Å². The molecular weight excluding hydrogens is 288 g/mol. The highest BCUT2D eigenvalue weighted by atomic mass is 16.5. The quantitative estimate of drug-likeness (QED) is 0.612. The summed E-state index contributed by atoms with van der Waals surface area (Å²) >= 11 is 0. The van der Waals surface area contributed by atoms with Crippen molar-refractivity contribution in [2.75, 3.05) is 13.7 Å². The van der Waals surface area contributed by atoms with Crippen LogP contribution in [0, 0.1) is 5.92 Å². The Hall–Kier alpha value is -1.35. The van der Waals surface area contributed by atoms with E-state index < -0.39 is 5.97 Å². The molecule has 0 aromatic heterocycles. The van der Waals surface area contributed by atoms with Crippen LogP contribution in [-0.2, 0) is 9.53 Å². The summed E-state index contributed by atoms with van der Waals surface area (Å²) in [5.74, 6) is 1.55. The lowest BCUT2D eigenvalue weighted by Crippen LogP contribution is -2.09. The Bertz CT molecular complexity index is 452. The van der Waals surface area contributed by atoms with Gasteiger partial charge in [-0.25, -0.2) is 0 Å². The number of hydrogen-bond donors (Lipinski definition) is 1. The van der Waals surface area contributed by atoms with E-state index in [0.29, 0.717) is 11.8 Å². The van der Waals surface area contributed by atoms with Crippen LogP contribution >= 0.6 is 0 Å². The first kappa shape index (κ1) is 19.7. The lowest BCUT2D eigenvalue weighted by Gasteiger charge is -2.24. The summed E-state index contributed by atoms with van der Waals surface area (Å²) in [5.41, 5.74) is 2.61. The van der Waals surface area contributed by atoms with Crippen molar-refractivity contribution in [3.8, 4) is 0 Å². The van der Waals surface area contributed by atoms with Gasteiger partial charge in [0.2, 0.25) is 0 Å². The molecule has 0 spiro atoms. The van der Waals surface area contributed by atoms with Gasteiger partial charge in [-0.1, -0.05) is 51.5 Å². The summed E-state index contributed by atoms with van der Waals surface area (Å²) in [6, 6.07) is 8.80. The second-order valence-electron chi connectivity index (χ2n) is 6.40. The fourth-order valence-corrected chi connectivity index (χ4v) is 3.04. The van der Waals surface area contributed by atoms with Crippen molar-refractivity contribution in [1.82, 2.24) is 0 Å². The largest absolute Gasteiger partial charge is 0.481 e. The number of ether oxygens (including phenoxy) is 1. The van der Waals surface area contributed by atoms with E-state index in [1.807, 2.05) is 0 Å². The lowest BCUT2D eigenvalue weighted by molar-refractivity contribution is -0.137. The third-order valence-electron chi connectivity index (χ3n) is 4.49. The molecule has 1 aromatic rings. The standard InChI is InChI=1S/C20H31O3/c1-5-7-18(8-6-9-20(21)22)16(3)19-12-10-17(11-13-19)15(2)14-23-4/h10-13,15-16H,5-9,14H2,1-4H3,(H,21,22). The fourth-order valence-electron chi connectivity index (χ4n) is 3.04. The van der Waals surface area contributed by atoms with Crippen LogP contribution < -0.4 is 0 Å². The van der Waals surface area contributed by atoms with Gasteiger partial charge in [-0.05, 0) is 42.2 Å². The zero-order valence-electron chi connectivity index (χ0n) is 15.0. The molecule has 0 fully saturated rings. The maximum absolute atomic E-state index is 10.7. The van der Waals surface area contributed by atoms with E-state index in [2.05, 4.69) is 45.0 Å².